The van der Waals surface area contributed by atoms with Crippen LogP contribution in [0.5, 0.6) is 0 Å². The molecule has 2 N–H and O–H groups in total. The van der Waals surface area contributed by atoms with Gasteiger partial charge in [-0.25, -0.2) is 4.79 Å². The van der Waals surface area contributed by atoms with Gasteiger partial charge in [-0.05, 0) is 25.2 Å². The zero-order valence-corrected chi connectivity index (χ0v) is 11.1. The molecule has 116 valence electrons. The lowest BCUT2D eigenvalue weighted by Gasteiger charge is -2.32. The summed E-state index contributed by atoms with van der Waals surface area (Å²) in [6, 6.07) is -0.505. The molecule has 0 saturated carbocycles. The number of urea groups is 1. The van der Waals surface area contributed by atoms with Crippen molar-refractivity contribution in [2.45, 2.75) is 38.3 Å². The molecule has 1 rings (SSSR count). The van der Waals surface area contributed by atoms with Crippen LogP contribution in [0.25, 0.3) is 0 Å². The standard InChI is InChI=1S/C12H19F3N2O3/c13-12(14,15)5-6-16-11(20)17-7-1-2-9(8-17)3-4-10(18)19/h9H,1-8H2,(H,16,20)(H,18,19). The Morgan fingerprint density at radius 1 is 1.35 bits per heavy atom. The second kappa shape index (κ2) is 7.35. The van der Waals surface area contributed by atoms with Gasteiger partial charge in [0.1, 0.15) is 0 Å². The molecule has 1 atom stereocenters. The molecule has 1 aliphatic heterocycles. The van der Waals surface area contributed by atoms with Gasteiger partial charge in [-0.3, -0.25) is 4.79 Å². The topological polar surface area (TPSA) is 69.6 Å². The number of carboxylic acids is 1. The van der Waals surface area contributed by atoms with Gasteiger partial charge in [-0.1, -0.05) is 0 Å². The van der Waals surface area contributed by atoms with E-state index in [1.165, 1.54) is 4.90 Å². The Kier molecular flexibility index (Phi) is 6.09. The van der Waals surface area contributed by atoms with Gasteiger partial charge in [0.15, 0.2) is 0 Å². The molecule has 0 aliphatic carbocycles. The lowest BCUT2D eigenvalue weighted by Crippen LogP contribution is -2.46. The zero-order chi connectivity index (χ0) is 15.2. The number of carbonyl (C=O) groups excluding carboxylic acids is 1. The molecule has 0 bridgehead atoms. The van der Waals surface area contributed by atoms with E-state index in [1.54, 1.807) is 0 Å². The van der Waals surface area contributed by atoms with Crippen molar-refractivity contribution >= 4 is 12.0 Å². The zero-order valence-electron chi connectivity index (χ0n) is 11.1. The molecule has 0 radical (unpaired) electrons. The minimum Gasteiger partial charge on any atom is -0.481 e. The molecule has 0 spiro atoms. The third-order valence-corrected chi connectivity index (χ3v) is 3.26. The monoisotopic (exact) mass is 296 g/mol. The maximum atomic E-state index is 12.0. The Balaban J connectivity index is 2.31. The van der Waals surface area contributed by atoms with Crippen LogP contribution in [0.3, 0.4) is 0 Å². The molecule has 1 unspecified atom stereocenters. The molecule has 1 saturated heterocycles. The van der Waals surface area contributed by atoms with Gasteiger partial charge < -0.3 is 15.3 Å². The number of nitrogens with zero attached hydrogens (tertiary/aromatic N) is 1. The highest BCUT2D eigenvalue weighted by Gasteiger charge is 2.28. The summed E-state index contributed by atoms with van der Waals surface area (Å²) in [6.07, 6.45) is -3.19. The molecule has 8 heteroatoms. The molecule has 20 heavy (non-hydrogen) atoms. The first-order valence-corrected chi connectivity index (χ1v) is 6.59. The summed E-state index contributed by atoms with van der Waals surface area (Å²) in [6.45, 7) is 0.477. The Labute approximate surface area is 115 Å². The molecule has 1 heterocycles. The molecule has 1 fully saturated rings. The van der Waals surface area contributed by atoms with Crippen LogP contribution in [0.4, 0.5) is 18.0 Å². The number of likely N-dealkylation sites (tertiary alicyclic amines) is 1. The van der Waals surface area contributed by atoms with E-state index in [2.05, 4.69) is 5.32 Å². The fraction of sp³-hybridized carbons (Fsp3) is 0.833. The predicted octanol–water partition coefficient (Wildman–Crippen LogP) is 2.23. The number of hydrogen-bond donors (Lipinski definition) is 2. The van der Waals surface area contributed by atoms with Crippen LogP contribution < -0.4 is 5.32 Å². The predicted molar refractivity (Wildman–Crippen MR) is 65.2 cm³/mol. The minimum absolute atomic E-state index is 0.0498. The number of halogens is 3. The third-order valence-electron chi connectivity index (χ3n) is 3.26. The molecule has 0 aromatic carbocycles. The number of piperidine rings is 1. The quantitative estimate of drug-likeness (QED) is 0.817. The first-order chi connectivity index (χ1) is 9.28. The summed E-state index contributed by atoms with van der Waals surface area (Å²) in [5.41, 5.74) is 0. The van der Waals surface area contributed by atoms with Crippen LogP contribution in [0.1, 0.15) is 32.1 Å². The second-order valence-corrected chi connectivity index (χ2v) is 4.98. The summed E-state index contributed by atoms with van der Waals surface area (Å²) in [7, 11) is 0. The van der Waals surface area contributed by atoms with E-state index < -0.39 is 31.1 Å². The van der Waals surface area contributed by atoms with Crippen LogP contribution in [-0.4, -0.2) is 47.8 Å². The summed E-state index contributed by atoms with van der Waals surface area (Å²) in [4.78, 5) is 23.7. The summed E-state index contributed by atoms with van der Waals surface area (Å²) in [5.74, 6) is -0.773. The molecular formula is C12H19F3N2O3. The summed E-state index contributed by atoms with van der Waals surface area (Å²) >= 11 is 0. The van der Waals surface area contributed by atoms with E-state index in [0.717, 1.165) is 12.8 Å². The molecule has 2 amide bonds. The van der Waals surface area contributed by atoms with E-state index in [4.69, 9.17) is 5.11 Å². The van der Waals surface area contributed by atoms with E-state index in [0.29, 0.717) is 19.5 Å². The number of carbonyl (C=O) groups is 2. The highest BCUT2D eigenvalue weighted by Crippen LogP contribution is 2.21. The first kappa shape index (κ1) is 16.6. The van der Waals surface area contributed by atoms with Crippen molar-refractivity contribution in [3.05, 3.63) is 0 Å². The van der Waals surface area contributed by atoms with Gasteiger partial charge in [0.25, 0.3) is 0 Å². The molecule has 1 aliphatic rings. The second-order valence-electron chi connectivity index (χ2n) is 4.98. The lowest BCUT2D eigenvalue weighted by atomic mass is 9.93. The summed E-state index contributed by atoms with van der Waals surface area (Å²) in [5, 5.41) is 10.9. The van der Waals surface area contributed by atoms with Gasteiger partial charge in [0.05, 0.1) is 6.42 Å². The van der Waals surface area contributed by atoms with Crippen molar-refractivity contribution in [3.63, 3.8) is 0 Å². The SMILES string of the molecule is O=C(O)CCC1CCCN(C(=O)NCCC(F)(F)F)C1. The Morgan fingerprint density at radius 2 is 2.05 bits per heavy atom. The smallest absolute Gasteiger partial charge is 0.390 e. The van der Waals surface area contributed by atoms with Crippen LogP contribution in [0.15, 0.2) is 0 Å². The molecule has 5 nitrogen and oxygen atoms in total. The van der Waals surface area contributed by atoms with Crippen molar-refractivity contribution in [2.24, 2.45) is 5.92 Å². The van der Waals surface area contributed by atoms with Gasteiger partial charge in [0, 0.05) is 26.1 Å². The highest BCUT2D eigenvalue weighted by atomic mass is 19.4. The number of rotatable bonds is 5. The minimum atomic E-state index is -4.28. The van der Waals surface area contributed by atoms with Crippen LogP contribution in [0.2, 0.25) is 0 Å². The van der Waals surface area contributed by atoms with Gasteiger partial charge >= 0.3 is 18.2 Å². The van der Waals surface area contributed by atoms with E-state index in [9.17, 15) is 22.8 Å². The highest BCUT2D eigenvalue weighted by molar-refractivity contribution is 5.74. The maximum absolute atomic E-state index is 12.0. The fourth-order valence-electron chi connectivity index (χ4n) is 2.24. The number of amides is 2. The van der Waals surface area contributed by atoms with E-state index in [1.807, 2.05) is 0 Å². The third kappa shape index (κ3) is 6.63. The Bertz CT molecular complexity index is 347. The first-order valence-electron chi connectivity index (χ1n) is 6.59. The number of hydrogen-bond acceptors (Lipinski definition) is 2. The Morgan fingerprint density at radius 3 is 2.65 bits per heavy atom. The van der Waals surface area contributed by atoms with Gasteiger partial charge in [0.2, 0.25) is 0 Å². The van der Waals surface area contributed by atoms with Crippen molar-refractivity contribution in [1.82, 2.24) is 10.2 Å². The van der Waals surface area contributed by atoms with Crippen LogP contribution >= 0.6 is 0 Å². The largest absolute Gasteiger partial charge is 0.481 e. The number of nitrogens with one attached hydrogen (secondary N) is 1. The Hall–Kier alpha value is -1.47. The van der Waals surface area contributed by atoms with Gasteiger partial charge in [-0.2, -0.15) is 13.2 Å². The molecule has 0 aromatic rings. The van der Waals surface area contributed by atoms with E-state index in [-0.39, 0.29) is 12.3 Å². The average molecular weight is 296 g/mol. The average Bonchev–Trinajstić information content (AvgIpc) is 2.35. The number of alkyl halides is 3. The van der Waals surface area contributed by atoms with Crippen LogP contribution in [-0.2, 0) is 4.79 Å². The number of carboxylic acid groups (broad SMARTS) is 1. The van der Waals surface area contributed by atoms with Crippen molar-refractivity contribution in [1.29, 1.82) is 0 Å². The van der Waals surface area contributed by atoms with Crippen molar-refractivity contribution in [3.8, 4) is 0 Å². The van der Waals surface area contributed by atoms with Crippen molar-refractivity contribution < 1.29 is 27.9 Å². The van der Waals surface area contributed by atoms with E-state index >= 15 is 0 Å². The molecular weight excluding hydrogens is 277 g/mol. The normalized spacial score (nSPS) is 19.8. The maximum Gasteiger partial charge on any atom is 0.390 e. The van der Waals surface area contributed by atoms with Gasteiger partial charge in [-0.15, -0.1) is 0 Å². The summed E-state index contributed by atoms with van der Waals surface area (Å²) < 4.78 is 35.9. The fourth-order valence-corrected chi connectivity index (χ4v) is 2.24. The molecule has 0 aromatic heterocycles. The van der Waals surface area contributed by atoms with Crippen LogP contribution in [0, 0.1) is 5.92 Å². The lowest BCUT2D eigenvalue weighted by molar-refractivity contribution is -0.137. The number of aliphatic carboxylic acids is 1. The van der Waals surface area contributed by atoms with Crippen molar-refractivity contribution in [2.75, 3.05) is 19.6 Å².